The van der Waals surface area contributed by atoms with Gasteiger partial charge in [0.1, 0.15) is 6.26 Å². The lowest BCUT2D eigenvalue weighted by atomic mass is 9.97. The van der Waals surface area contributed by atoms with Crippen LogP contribution in [-0.4, -0.2) is 17.4 Å². The maximum atomic E-state index is 11.6. The van der Waals surface area contributed by atoms with Gasteiger partial charge in [0.05, 0.1) is 0 Å². The van der Waals surface area contributed by atoms with Gasteiger partial charge in [-0.15, -0.1) is 0 Å². The Morgan fingerprint density at radius 1 is 1.53 bits per heavy atom. The molecule has 0 atom stereocenters. The topological polar surface area (TPSA) is 81.1 Å². The summed E-state index contributed by atoms with van der Waals surface area (Å²) in [5.74, 6) is -0.234. The summed E-state index contributed by atoms with van der Waals surface area (Å²) in [5, 5.41) is 2.80. The molecule has 3 N–H and O–H groups in total. The highest BCUT2D eigenvalue weighted by Gasteiger charge is 2.10. The van der Waals surface area contributed by atoms with Crippen LogP contribution >= 0.6 is 0 Å². The molecule has 1 aromatic rings. The summed E-state index contributed by atoms with van der Waals surface area (Å²) in [4.78, 5) is 15.4. The molecule has 2 rings (SSSR count). The molecular weight excluding hydrogens is 218 g/mol. The second-order valence-electron chi connectivity index (χ2n) is 4.19. The Morgan fingerprint density at radius 2 is 2.41 bits per heavy atom. The zero-order valence-electron chi connectivity index (χ0n) is 9.74. The summed E-state index contributed by atoms with van der Waals surface area (Å²) in [7, 11) is 0. The number of nitrogens with zero attached hydrogens (tertiary/aromatic N) is 1. The van der Waals surface area contributed by atoms with E-state index in [2.05, 4.69) is 16.4 Å². The molecule has 0 unspecified atom stereocenters. The minimum Gasteiger partial charge on any atom is -0.431 e. The van der Waals surface area contributed by atoms with Gasteiger partial charge in [-0.25, -0.2) is 0 Å². The summed E-state index contributed by atoms with van der Waals surface area (Å²) in [6, 6.07) is 0.0186. The third kappa shape index (κ3) is 3.34. The zero-order chi connectivity index (χ0) is 12.1. The first-order chi connectivity index (χ1) is 8.25. The third-order valence-corrected chi connectivity index (χ3v) is 2.87. The molecule has 92 valence electrons. The number of oxazole rings is 1. The molecule has 0 bridgehead atoms. The summed E-state index contributed by atoms with van der Waals surface area (Å²) in [6.45, 7) is 0.636. The van der Waals surface area contributed by atoms with Crippen LogP contribution in [0.25, 0.3) is 0 Å². The molecule has 0 saturated heterocycles. The molecule has 0 aliphatic heterocycles. The number of aromatic nitrogens is 1. The number of rotatable bonds is 4. The van der Waals surface area contributed by atoms with E-state index in [1.165, 1.54) is 31.1 Å². The second kappa shape index (κ2) is 5.52. The molecule has 1 heterocycles. The van der Waals surface area contributed by atoms with Gasteiger partial charge in [-0.3, -0.25) is 4.79 Å². The van der Waals surface area contributed by atoms with Crippen molar-refractivity contribution in [1.29, 1.82) is 0 Å². The van der Waals surface area contributed by atoms with E-state index >= 15 is 0 Å². The maximum Gasteiger partial charge on any atom is 0.292 e. The zero-order valence-corrected chi connectivity index (χ0v) is 9.74. The van der Waals surface area contributed by atoms with E-state index in [4.69, 9.17) is 10.2 Å². The fraction of sp³-hybridized carbons (Fsp3) is 0.500. The summed E-state index contributed by atoms with van der Waals surface area (Å²) < 4.78 is 4.78. The van der Waals surface area contributed by atoms with Crippen molar-refractivity contribution in [1.82, 2.24) is 10.3 Å². The van der Waals surface area contributed by atoms with Crippen LogP contribution in [0.4, 0.5) is 6.01 Å². The first kappa shape index (κ1) is 11.7. The van der Waals surface area contributed by atoms with E-state index < -0.39 is 0 Å². The van der Waals surface area contributed by atoms with Crippen LogP contribution in [0.3, 0.4) is 0 Å². The number of allylic oxidation sites excluding steroid dienone is 1. The van der Waals surface area contributed by atoms with Crippen LogP contribution in [0, 0.1) is 0 Å². The van der Waals surface area contributed by atoms with Crippen molar-refractivity contribution in [3.05, 3.63) is 23.6 Å². The smallest absolute Gasteiger partial charge is 0.292 e. The number of carbonyl (C=O) groups excluding carboxylic acids is 1. The molecule has 5 nitrogen and oxygen atoms in total. The van der Waals surface area contributed by atoms with Gasteiger partial charge in [0.15, 0.2) is 5.69 Å². The normalized spacial score (nSPS) is 15.4. The van der Waals surface area contributed by atoms with Crippen molar-refractivity contribution < 1.29 is 9.21 Å². The van der Waals surface area contributed by atoms with Gasteiger partial charge in [-0.1, -0.05) is 11.6 Å². The Morgan fingerprint density at radius 3 is 3.06 bits per heavy atom. The molecule has 1 aliphatic carbocycles. The van der Waals surface area contributed by atoms with E-state index in [-0.39, 0.29) is 17.6 Å². The molecule has 1 aliphatic rings. The maximum absolute atomic E-state index is 11.6. The fourth-order valence-electron chi connectivity index (χ4n) is 1.95. The number of anilines is 1. The average Bonchev–Trinajstić information content (AvgIpc) is 2.77. The molecule has 17 heavy (non-hydrogen) atoms. The Kier molecular flexibility index (Phi) is 3.80. The second-order valence-corrected chi connectivity index (χ2v) is 4.19. The highest BCUT2D eigenvalue weighted by atomic mass is 16.4. The Hall–Kier alpha value is -1.78. The van der Waals surface area contributed by atoms with E-state index in [0.717, 1.165) is 12.8 Å². The number of nitrogens with one attached hydrogen (secondary N) is 1. The lowest BCUT2D eigenvalue weighted by Gasteiger charge is -2.12. The van der Waals surface area contributed by atoms with E-state index in [0.29, 0.717) is 6.54 Å². The quantitative estimate of drug-likeness (QED) is 0.781. The molecule has 0 fully saturated rings. The molecule has 5 heteroatoms. The van der Waals surface area contributed by atoms with Crippen molar-refractivity contribution >= 4 is 11.9 Å². The van der Waals surface area contributed by atoms with Gasteiger partial charge >= 0.3 is 0 Å². The van der Waals surface area contributed by atoms with Crippen LogP contribution in [0.1, 0.15) is 42.6 Å². The minimum atomic E-state index is -0.234. The lowest BCUT2D eigenvalue weighted by Crippen LogP contribution is -2.25. The highest BCUT2D eigenvalue weighted by molar-refractivity contribution is 5.92. The largest absolute Gasteiger partial charge is 0.431 e. The fourth-order valence-corrected chi connectivity index (χ4v) is 1.95. The van der Waals surface area contributed by atoms with E-state index in [1.54, 1.807) is 0 Å². The summed E-state index contributed by atoms with van der Waals surface area (Å²) in [6.07, 6.45) is 9.34. The monoisotopic (exact) mass is 235 g/mol. The summed E-state index contributed by atoms with van der Waals surface area (Å²) >= 11 is 0. The standard InChI is InChI=1S/C12H17N3O2/c13-12-15-10(8-17-12)11(16)14-7-6-9-4-2-1-3-5-9/h4,8H,1-3,5-7H2,(H2,13,15)(H,14,16). The summed E-state index contributed by atoms with van der Waals surface area (Å²) in [5.41, 5.74) is 6.97. The molecule has 0 saturated carbocycles. The molecule has 1 amide bonds. The predicted octanol–water partition coefficient (Wildman–Crippen LogP) is 1.88. The van der Waals surface area contributed by atoms with Crippen molar-refractivity contribution in [3.63, 3.8) is 0 Å². The molecule has 0 spiro atoms. The number of hydrogen-bond acceptors (Lipinski definition) is 4. The van der Waals surface area contributed by atoms with Gasteiger partial charge in [-0.2, -0.15) is 4.98 Å². The molecular formula is C12H17N3O2. The van der Waals surface area contributed by atoms with Crippen molar-refractivity contribution in [3.8, 4) is 0 Å². The van der Waals surface area contributed by atoms with E-state index in [9.17, 15) is 4.79 Å². The van der Waals surface area contributed by atoms with Gasteiger partial charge in [0, 0.05) is 6.54 Å². The van der Waals surface area contributed by atoms with E-state index in [1.807, 2.05) is 0 Å². The number of carbonyl (C=O) groups is 1. The van der Waals surface area contributed by atoms with Gasteiger partial charge < -0.3 is 15.5 Å². The SMILES string of the molecule is Nc1nc(C(=O)NCCC2=CCCCC2)co1. The Labute approximate surface area is 100 Å². The van der Waals surface area contributed by atoms with Crippen LogP contribution in [0.2, 0.25) is 0 Å². The molecule has 0 radical (unpaired) electrons. The first-order valence-electron chi connectivity index (χ1n) is 5.93. The third-order valence-electron chi connectivity index (χ3n) is 2.87. The van der Waals surface area contributed by atoms with Gasteiger partial charge in [0.25, 0.3) is 11.9 Å². The van der Waals surface area contributed by atoms with Gasteiger partial charge in [0.2, 0.25) is 0 Å². The number of nitrogens with two attached hydrogens (primary N) is 1. The average molecular weight is 235 g/mol. The van der Waals surface area contributed by atoms with Crippen molar-refractivity contribution in [2.75, 3.05) is 12.3 Å². The lowest BCUT2D eigenvalue weighted by molar-refractivity contribution is 0.0949. The molecule has 0 aromatic carbocycles. The number of hydrogen-bond donors (Lipinski definition) is 2. The number of amides is 1. The van der Waals surface area contributed by atoms with Gasteiger partial charge in [-0.05, 0) is 32.1 Å². The van der Waals surface area contributed by atoms with Crippen LogP contribution < -0.4 is 11.1 Å². The Bertz CT molecular complexity index is 423. The highest BCUT2D eigenvalue weighted by Crippen LogP contribution is 2.19. The van der Waals surface area contributed by atoms with Crippen LogP contribution in [0.15, 0.2) is 22.3 Å². The first-order valence-corrected chi connectivity index (χ1v) is 5.93. The van der Waals surface area contributed by atoms with Crippen molar-refractivity contribution in [2.45, 2.75) is 32.1 Å². The minimum absolute atomic E-state index is 0.0186. The van der Waals surface area contributed by atoms with Crippen LogP contribution in [-0.2, 0) is 0 Å². The Balaban J connectivity index is 1.75. The molecule has 1 aromatic heterocycles. The van der Waals surface area contributed by atoms with Crippen molar-refractivity contribution in [2.24, 2.45) is 0 Å². The van der Waals surface area contributed by atoms with Crippen LogP contribution in [0.5, 0.6) is 0 Å². The predicted molar refractivity (Wildman–Crippen MR) is 64.4 cm³/mol. The number of nitrogen functional groups attached to an aromatic ring is 1.